The van der Waals surface area contributed by atoms with E-state index in [1.54, 1.807) is 0 Å². The van der Waals surface area contributed by atoms with Gasteiger partial charge >= 0.3 is 18.1 Å². The number of nitrogens with zero attached hydrogens (tertiary/aromatic N) is 5. The van der Waals surface area contributed by atoms with Crippen LogP contribution in [0.4, 0.5) is 24.9 Å². The molecule has 0 atom stereocenters. The smallest absolute Gasteiger partial charge is 0.432 e. The van der Waals surface area contributed by atoms with Crippen LogP contribution in [0.1, 0.15) is 32.3 Å². The summed E-state index contributed by atoms with van der Waals surface area (Å²) in [4.78, 5) is 36.6. The number of halogens is 3. The minimum absolute atomic E-state index is 0.0378. The number of rotatable bonds is 13. The Morgan fingerprint density at radius 1 is 1.11 bits per heavy atom. The van der Waals surface area contributed by atoms with Gasteiger partial charge in [-0.3, -0.25) is 4.90 Å². The van der Waals surface area contributed by atoms with E-state index in [2.05, 4.69) is 9.72 Å². The molecule has 0 aliphatic heterocycles. The molecule has 1 N–H and O–H groups in total. The first kappa shape index (κ1) is 29.2. The van der Waals surface area contributed by atoms with Gasteiger partial charge in [0.05, 0.1) is 6.54 Å². The van der Waals surface area contributed by atoms with Crippen LogP contribution in [0.2, 0.25) is 18.1 Å². The summed E-state index contributed by atoms with van der Waals surface area (Å²) in [6, 6.07) is 5.39. The second-order valence-electron chi connectivity index (χ2n) is 9.62. The second-order valence-corrected chi connectivity index (χ2v) is 14.1. The molecule has 15 heteroatoms. The number of imidazole rings is 1. The van der Waals surface area contributed by atoms with Crippen LogP contribution in [0, 0.1) is 20.2 Å². The van der Waals surface area contributed by atoms with Crippen molar-refractivity contribution in [3.8, 4) is 5.75 Å². The van der Waals surface area contributed by atoms with Crippen molar-refractivity contribution in [3.63, 3.8) is 0 Å². The van der Waals surface area contributed by atoms with Gasteiger partial charge in [0, 0.05) is 13.1 Å². The van der Waals surface area contributed by atoms with E-state index in [1.165, 1.54) is 24.3 Å². The summed E-state index contributed by atoms with van der Waals surface area (Å²) in [7, 11) is -2.43. The highest BCUT2D eigenvalue weighted by atomic mass is 28.4. The molecular formula is C21H30F3N5O6Si. The van der Waals surface area contributed by atoms with Crippen molar-refractivity contribution in [2.75, 3.05) is 13.1 Å². The zero-order valence-corrected chi connectivity index (χ0v) is 21.5. The molecule has 1 aromatic heterocycles. The number of hydrogen-bond donors (Lipinski definition) is 1. The standard InChI is InChI=1S/C21H30F3N5O6Si/c1-20(2,36(3,4)34)10-5-11-26(14-16-6-8-17(9-7-16)35-21(22,23)24)12-13-27-15-18(28(30)31)25-19(27)29(32)33/h6-9,15,34H,5,10-14H2,1-4H3. The molecule has 200 valence electrons. The van der Waals surface area contributed by atoms with E-state index >= 15 is 0 Å². The minimum atomic E-state index is -4.80. The van der Waals surface area contributed by atoms with E-state index in [0.717, 1.165) is 10.8 Å². The summed E-state index contributed by atoms with van der Waals surface area (Å²) < 4.78 is 42.3. The molecule has 1 aromatic carbocycles. The number of benzene rings is 1. The summed E-state index contributed by atoms with van der Waals surface area (Å²) in [5.41, 5.74) is 0.687. The fraction of sp³-hybridized carbons (Fsp3) is 0.571. The molecule has 0 saturated heterocycles. The Hall–Kier alpha value is -3.04. The topological polar surface area (TPSA) is 137 Å². The molecular weight excluding hydrogens is 503 g/mol. The predicted octanol–water partition coefficient (Wildman–Crippen LogP) is 4.86. The maximum atomic E-state index is 12.4. The predicted molar refractivity (Wildman–Crippen MR) is 127 cm³/mol. The first-order valence-electron chi connectivity index (χ1n) is 11.1. The lowest BCUT2D eigenvalue weighted by molar-refractivity contribution is -0.403. The van der Waals surface area contributed by atoms with Crippen molar-refractivity contribution >= 4 is 20.1 Å². The van der Waals surface area contributed by atoms with E-state index in [-0.39, 0.29) is 23.9 Å². The van der Waals surface area contributed by atoms with Crippen LogP contribution in [-0.2, 0) is 13.1 Å². The summed E-state index contributed by atoms with van der Waals surface area (Å²) >= 11 is 0. The molecule has 0 unspecified atom stereocenters. The lowest BCUT2D eigenvalue weighted by Gasteiger charge is -2.35. The molecule has 1 heterocycles. The molecule has 0 spiro atoms. The maximum absolute atomic E-state index is 12.4. The summed E-state index contributed by atoms with van der Waals surface area (Å²) in [5.74, 6) is -1.63. The third-order valence-corrected chi connectivity index (χ3v) is 9.81. The third kappa shape index (κ3) is 8.56. The highest BCUT2D eigenvalue weighted by Gasteiger charge is 2.37. The fourth-order valence-electron chi connectivity index (χ4n) is 3.42. The molecule has 0 radical (unpaired) electrons. The van der Waals surface area contributed by atoms with Crippen LogP contribution >= 0.6 is 0 Å². The van der Waals surface area contributed by atoms with E-state index < -0.39 is 36.3 Å². The van der Waals surface area contributed by atoms with Crippen molar-refractivity contribution in [3.05, 3.63) is 56.3 Å². The molecule has 0 amide bonds. The number of nitro groups is 2. The molecule has 36 heavy (non-hydrogen) atoms. The maximum Gasteiger partial charge on any atom is 0.573 e. The zero-order chi connectivity index (χ0) is 27.3. The second kappa shape index (κ2) is 11.3. The number of aromatic nitrogens is 2. The van der Waals surface area contributed by atoms with Crippen molar-refractivity contribution in [2.24, 2.45) is 0 Å². The zero-order valence-electron chi connectivity index (χ0n) is 20.5. The Morgan fingerprint density at radius 3 is 2.22 bits per heavy atom. The lowest BCUT2D eigenvalue weighted by Crippen LogP contribution is -2.39. The summed E-state index contributed by atoms with van der Waals surface area (Å²) in [5, 5.41) is 22.0. The molecule has 0 fully saturated rings. The van der Waals surface area contributed by atoms with E-state index in [9.17, 15) is 38.2 Å². The SMILES string of the molecule is CC(C)(CCCN(CCn1cc([N+](=O)[O-])nc1[N+](=O)[O-])Cc1ccc(OC(F)(F)F)cc1)[Si](C)(C)O. The van der Waals surface area contributed by atoms with E-state index in [1.807, 2.05) is 31.8 Å². The van der Waals surface area contributed by atoms with Gasteiger partial charge in [0.15, 0.2) is 14.5 Å². The highest BCUT2D eigenvalue weighted by molar-refractivity contribution is 6.72. The van der Waals surface area contributed by atoms with Crippen LogP contribution in [0.3, 0.4) is 0 Å². The quantitative estimate of drug-likeness (QED) is 0.219. The van der Waals surface area contributed by atoms with Gasteiger partial charge in [-0.15, -0.1) is 13.2 Å². The van der Waals surface area contributed by atoms with Crippen molar-refractivity contribution < 1.29 is 32.6 Å². The Bertz CT molecular complexity index is 1050. The number of hydrogen-bond acceptors (Lipinski definition) is 8. The van der Waals surface area contributed by atoms with Gasteiger partial charge in [-0.2, -0.15) is 0 Å². The van der Waals surface area contributed by atoms with E-state index in [0.29, 0.717) is 31.5 Å². The molecule has 0 bridgehead atoms. The molecule has 0 aliphatic rings. The molecule has 11 nitrogen and oxygen atoms in total. The van der Waals surface area contributed by atoms with Gasteiger partial charge in [-0.1, -0.05) is 26.0 Å². The highest BCUT2D eigenvalue weighted by Crippen LogP contribution is 2.39. The molecule has 2 aromatic rings. The van der Waals surface area contributed by atoms with Gasteiger partial charge in [0.25, 0.3) is 0 Å². The first-order chi connectivity index (χ1) is 16.5. The van der Waals surface area contributed by atoms with E-state index in [4.69, 9.17) is 0 Å². The molecule has 0 aliphatic carbocycles. The fourth-order valence-corrected chi connectivity index (χ4v) is 4.20. The van der Waals surface area contributed by atoms with Gasteiger partial charge in [0.2, 0.25) is 0 Å². The molecule has 0 saturated carbocycles. The van der Waals surface area contributed by atoms with Crippen LogP contribution in [-0.4, -0.2) is 56.9 Å². The Balaban J connectivity index is 2.16. The van der Waals surface area contributed by atoms with Crippen LogP contribution < -0.4 is 4.74 Å². The average Bonchev–Trinajstić information content (AvgIpc) is 3.16. The summed E-state index contributed by atoms with van der Waals surface area (Å²) in [6.07, 6.45) is -2.39. The van der Waals surface area contributed by atoms with Crippen LogP contribution in [0.25, 0.3) is 0 Å². The largest absolute Gasteiger partial charge is 0.573 e. The molecule has 2 rings (SSSR count). The van der Waals surface area contributed by atoms with Crippen LogP contribution in [0.5, 0.6) is 5.75 Å². The van der Waals surface area contributed by atoms with Gasteiger partial charge in [-0.25, -0.2) is 4.57 Å². The first-order valence-corrected chi connectivity index (χ1v) is 14.1. The number of alkyl halides is 3. The normalized spacial score (nSPS) is 12.7. The minimum Gasteiger partial charge on any atom is -0.432 e. The Labute approximate surface area is 206 Å². The van der Waals surface area contributed by atoms with Crippen LogP contribution in [0.15, 0.2) is 30.5 Å². The van der Waals surface area contributed by atoms with Crippen molar-refractivity contribution in [1.82, 2.24) is 14.5 Å². The summed E-state index contributed by atoms with van der Waals surface area (Å²) in [6.45, 7) is 8.86. The monoisotopic (exact) mass is 533 g/mol. The van der Waals surface area contributed by atoms with Crippen molar-refractivity contribution in [1.29, 1.82) is 0 Å². The van der Waals surface area contributed by atoms with Gasteiger partial charge in [0.1, 0.15) is 5.75 Å². The third-order valence-electron chi connectivity index (χ3n) is 6.25. The average molecular weight is 534 g/mol. The van der Waals surface area contributed by atoms with Gasteiger partial charge < -0.3 is 29.8 Å². The Morgan fingerprint density at radius 2 is 1.72 bits per heavy atom. The van der Waals surface area contributed by atoms with Crippen molar-refractivity contribution in [2.45, 2.75) is 64.3 Å². The van der Waals surface area contributed by atoms with Gasteiger partial charge in [-0.05, 0) is 70.0 Å². The number of ether oxygens (including phenoxy) is 1. The lowest BCUT2D eigenvalue weighted by atomic mass is 10.1. The Kier molecular flexibility index (Phi) is 9.20.